The summed E-state index contributed by atoms with van der Waals surface area (Å²) in [6.07, 6.45) is 1.85. The highest BCUT2D eigenvalue weighted by molar-refractivity contribution is 7.58. The molecule has 2 nitrogen and oxygen atoms in total. The zero-order valence-electron chi connectivity index (χ0n) is 9.39. The first kappa shape index (κ1) is 12.5. The van der Waals surface area contributed by atoms with Crippen molar-refractivity contribution in [1.82, 2.24) is 0 Å². The van der Waals surface area contributed by atoms with Crippen molar-refractivity contribution in [3.05, 3.63) is 35.9 Å². The molecule has 84 valence electrons. The molecule has 0 saturated heterocycles. The Morgan fingerprint density at radius 2 is 1.93 bits per heavy atom. The van der Waals surface area contributed by atoms with E-state index in [0.29, 0.717) is 12.6 Å². The SMILES string of the molecule is CCC(C)P(=O)(O)CCc1ccccc1. The molecule has 0 amide bonds. The molecule has 0 aliphatic carbocycles. The molecule has 0 aromatic heterocycles. The Labute approximate surface area is 91.8 Å². The van der Waals surface area contributed by atoms with Gasteiger partial charge in [-0.3, -0.25) is 4.57 Å². The summed E-state index contributed by atoms with van der Waals surface area (Å²) >= 11 is 0. The Morgan fingerprint density at radius 1 is 1.33 bits per heavy atom. The predicted molar refractivity (Wildman–Crippen MR) is 64.6 cm³/mol. The van der Waals surface area contributed by atoms with E-state index in [1.165, 1.54) is 0 Å². The Kier molecular flexibility index (Phi) is 4.56. The lowest BCUT2D eigenvalue weighted by Gasteiger charge is -2.17. The molecule has 0 fully saturated rings. The summed E-state index contributed by atoms with van der Waals surface area (Å²) in [4.78, 5) is 9.80. The summed E-state index contributed by atoms with van der Waals surface area (Å²) in [6, 6.07) is 9.87. The van der Waals surface area contributed by atoms with Crippen LogP contribution < -0.4 is 0 Å². The van der Waals surface area contributed by atoms with E-state index in [9.17, 15) is 9.46 Å². The zero-order valence-corrected chi connectivity index (χ0v) is 10.3. The molecule has 2 atom stereocenters. The first-order valence-electron chi connectivity index (χ1n) is 5.41. The molecule has 1 aromatic rings. The van der Waals surface area contributed by atoms with E-state index in [4.69, 9.17) is 0 Å². The molecular formula is C12H19O2P. The van der Waals surface area contributed by atoms with Crippen molar-refractivity contribution >= 4 is 7.37 Å². The van der Waals surface area contributed by atoms with Crippen LogP contribution in [0.15, 0.2) is 30.3 Å². The molecule has 0 saturated carbocycles. The summed E-state index contributed by atoms with van der Waals surface area (Å²) in [5, 5.41) is 0. The number of benzene rings is 1. The summed E-state index contributed by atoms with van der Waals surface area (Å²) < 4.78 is 11.9. The van der Waals surface area contributed by atoms with Crippen molar-refractivity contribution < 1.29 is 9.46 Å². The number of hydrogen-bond donors (Lipinski definition) is 1. The van der Waals surface area contributed by atoms with E-state index in [0.717, 1.165) is 12.0 Å². The van der Waals surface area contributed by atoms with Crippen LogP contribution in [0.5, 0.6) is 0 Å². The molecule has 2 unspecified atom stereocenters. The van der Waals surface area contributed by atoms with Gasteiger partial charge in [-0.1, -0.05) is 44.2 Å². The predicted octanol–water partition coefficient (Wildman–Crippen LogP) is 3.30. The maximum atomic E-state index is 11.9. The van der Waals surface area contributed by atoms with Crippen LogP contribution in [0, 0.1) is 0 Å². The normalized spacial score (nSPS) is 17.0. The molecule has 1 N–H and O–H groups in total. The molecule has 15 heavy (non-hydrogen) atoms. The van der Waals surface area contributed by atoms with Crippen LogP contribution >= 0.6 is 7.37 Å². The fraction of sp³-hybridized carbons (Fsp3) is 0.500. The highest BCUT2D eigenvalue weighted by Gasteiger charge is 2.24. The Morgan fingerprint density at radius 3 is 2.47 bits per heavy atom. The summed E-state index contributed by atoms with van der Waals surface area (Å²) in [5.41, 5.74) is 1.05. The Hall–Kier alpha value is -0.590. The van der Waals surface area contributed by atoms with Gasteiger partial charge in [0.15, 0.2) is 0 Å². The van der Waals surface area contributed by atoms with Gasteiger partial charge in [0, 0.05) is 11.8 Å². The van der Waals surface area contributed by atoms with Gasteiger partial charge in [0.05, 0.1) is 0 Å². The van der Waals surface area contributed by atoms with Gasteiger partial charge in [-0.05, 0) is 18.4 Å². The third-order valence-electron chi connectivity index (χ3n) is 2.84. The maximum absolute atomic E-state index is 11.9. The van der Waals surface area contributed by atoms with Crippen molar-refractivity contribution in [2.75, 3.05) is 6.16 Å². The highest BCUT2D eigenvalue weighted by atomic mass is 31.2. The van der Waals surface area contributed by atoms with Gasteiger partial charge in [-0.2, -0.15) is 0 Å². The second-order valence-corrected chi connectivity index (χ2v) is 6.81. The van der Waals surface area contributed by atoms with Crippen molar-refractivity contribution in [2.24, 2.45) is 0 Å². The van der Waals surface area contributed by atoms with Crippen molar-refractivity contribution in [3.8, 4) is 0 Å². The van der Waals surface area contributed by atoms with E-state index < -0.39 is 7.37 Å². The number of aryl methyl sites for hydroxylation is 1. The van der Waals surface area contributed by atoms with Crippen LogP contribution in [0.1, 0.15) is 25.8 Å². The van der Waals surface area contributed by atoms with Crippen molar-refractivity contribution in [1.29, 1.82) is 0 Å². The van der Waals surface area contributed by atoms with Crippen LogP contribution in [0.25, 0.3) is 0 Å². The standard InChI is InChI=1S/C12H19O2P/c1-3-11(2)15(13,14)10-9-12-7-5-4-6-8-12/h4-8,11H,3,9-10H2,1-2H3,(H,13,14). The van der Waals surface area contributed by atoms with E-state index in [-0.39, 0.29) is 5.66 Å². The van der Waals surface area contributed by atoms with Gasteiger partial charge in [0.1, 0.15) is 0 Å². The first-order valence-corrected chi connectivity index (χ1v) is 7.33. The van der Waals surface area contributed by atoms with E-state index >= 15 is 0 Å². The lowest BCUT2D eigenvalue weighted by Crippen LogP contribution is -2.06. The lowest BCUT2D eigenvalue weighted by molar-refractivity contribution is 0.463. The van der Waals surface area contributed by atoms with Gasteiger partial charge < -0.3 is 4.89 Å². The molecule has 0 spiro atoms. The number of rotatable bonds is 5. The van der Waals surface area contributed by atoms with Gasteiger partial charge in [0.2, 0.25) is 7.37 Å². The summed E-state index contributed by atoms with van der Waals surface area (Å²) in [5.74, 6) is 0. The van der Waals surface area contributed by atoms with Crippen LogP contribution in [0.3, 0.4) is 0 Å². The monoisotopic (exact) mass is 226 g/mol. The molecule has 0 aliphatic rings. The fourth-order valence-electron chi connectivity index (χ4n) is 1.44. The zero-order chi connectivity index (χ0) is 11.3. The van der Waals surface area contributed by atoms with Gasteiger partial charge in [0.25, 0.3) is 0 Å². The maximum Gasteiger partial charge on any atom is 0.203 e. The molecule has 1 aromatic carbocycles. The Balaban J connectivity index is 2.54. The van der Waals surface area contributed by atoms with E-state index in [2.05, 4.69) is 0 Å². The summed E-state index contributed by atoms with van der Waals surface area (Å²) in [6.45, 7) is 3.81. The van der Waals surface area contributed by atoms with Crippen LogP contribution in [-0.2, 0) is 11.0 Å². The van der Waals surface area contributed by atoms with Gasteiger partial charge in [-0.25, -0.2) is 0 Å². The largest absolute Gasteiger partial charge is 0.344 e. The van der Waals surface area contributed by atoms with Crippen LogP contribution in [-0.4, -0.2) is 16.7 Å². The van der Waals surface area contributed by atoms with E-state index in [1.54, 1.807) is 0 Å². The van der Waals surface area contributed by atoms with Crippen LogP contribution in [0.4, 0.5) is 0 Å². The molecule has 0 radical (unpaired) electrons. The summed E-state index contributed by atoms with van der Waals surface area (Å²) in [7, 11) is -2.95. The molecule has 3 heteroatoms. The molecule has 1 rings (SSSR count). The minimum Gasteiger partial charge on any atom is -0.344 e. The second-order valence-electron chi connectivity index (χ2n) is 3.97. The molecule has 0 bridgehead atoms. The van der Waals surface area contributed by atoms with Crippen molar-refractivity contribution in [2.45, 2.75) is 32.3 Å². The minimum atomic E-state index is -2.95. The average Bonchev–Trinajstić information content (AvgIpc) is 2.27. The van der Waals surface area contributed by atoms with Crippen molar-refractivity contribution in [3.63, 3.8) is 0 Å². The first-order chi connectivity index (χ1) is 7.06. The highest BCUT2D eigenvalue weighted by Crippen LogP contribution is 2.47. The molecule has 0 heterocycles. The third-order valence-corrected chi connectivity index (χ3v) is 5.45. The van der Waals surface area contributed by atoms with Gasteiger partial charge in [-0.15, -0.1) is 0 Å². The fourth-order valence-corrected chi connectivity index (χ4v) is 3.03. The Bertz CT molecular complexity index is 335. The van der Waals surface area contributed by atoms with Crippen LogP contribution in [0.2, 0.25) is 0 Å². The molecule has 0 aliphatic heterocycles. The van der Waals surface area contributed by atoms with Gasteiger partial charge >= 0.3 is 0 Å². The number of hydrogen-bond acceptors (Lipinski definition) is 1. The quantitative estimate of drug-likeness (QED) is 0.782. The smallest absolute Gasteiger partial charge is 0.203 e. The average molecular weight is 226 g/mol. The topological polar surface area (TPSA) is 37.3 Å². The lowest BCUT2D eigenvalue weighted by atomic mass is 10.2. The second kappa shape index (κ2) is 5.48. The molecular weight excluding hydrogens is 207 g/mol. The minimum absolute atomic E-state index is 0.0822. The third kappa shape index (κ3) is 3.81. The van der Waals surface area contributed by atoms with E-state index in [1.807, 2.05) is 44.2 Å².